The zero-order valence-corrected chi connectivity index (χ0v) is 13.7. The maximum atomic E-state index is 9.81. The lowest BCUT2D eigenvalue weighted by atomic mass is 10.1. The van der Waals surface area contributed by atoms with Crippen LogP contribution < -0.4 is 5.32 Å². The molecule has 136 valence electrons. The van der Waals surface area contributed by atoms with E-state index < -0.39 is 24.6 Å². The van der Waals surface area contributed by atoms with Crippen molar-refractivity contribution in [2.24, 2.45) is 0 Å². The number of hydrogen-bond donors (Lipinski definition) is 5. The first-order valence-electron chi connectivity index (χ1n) is 7.87. The third-order valence-corrected chi connectivity index (χ3v) is 3.92. The van der Waals surface area contributed by atoms with Gasteiger partial charge in [-0.3, -0.25) is 0 Å². The summed E-state index contributed by atoms with van der Waals surface area (Å²) in [6.07, 6.45) is 0.766. The topological polar surface area (TPSA) is 146 Å². The molecule has 1 fully saturated rings. The Morgan fingerprint density at radius 3 is 2.96 bits per heavy atom. The van der Waals surface area contributed by atoms with Gasteiger partial charge in [0, 0.05) is 6.54 Å². The van der Waals surface area contributed by atoms with Gasteiger partial charge in [0.2, 0.25) is 0 Å². The molecule has 0 saturated carbocycles. The van der Waals surface area contributed by atoms with Crippen LogP contribution in [0.4, 0.5) is 5.82 Å². The van der Waals surface area contributed by atoms with Gasteiger partial charge >= 0.3 is 0 Å². The number of aromatic amines is 1. The van der Waals surface area contributed by atoms with Crippen LogP contribution in [-0.4, -0.2) is 79.6 Å². The maximum absolute atomic E-state index is 9.81. The number of H-pyrrole nitrogens is 1. The molecule has 1 aliphatic rings. The number of imidazole rings is 1. The summed E-state index contributed by atoms with van der Waals surface area (Å²) in [7, 11) is 0. The molecule has 10 nitrogen and oxygen atoms in total. The average molecular weight is 351 g/mol. The number of aromatic nitrogens is 4. The van der Waals surface area contributed by atoms with Crippen LogP contribution in [0.5, 0.6) is 0 Å². The maximum Gasteiger partial charge on any atom is 0.187 e. The first-order valence-corrected chi connectivity index (χ1v) is 7.87. The van der Waals surface area contributed by atoms with Crippen molar-refractivity contribution in [2.75, 3.05) is 25.1 Å². The highest BCUT2D eigenvalue weighted by molar-refractivity contribution is 5.81. The number of ether oxygens (including phenoxy) is 2. The second kappa shape index (κ2) is 7.85. The number of aliphatic hydroxyl groups excluding tert-OH is 3. The standard InChI is InChI=1S/C15H21N5O5/c1-8(5-24-15-12(23)11(22)9(4-21)25-15)2-3-16-13-10-14(18-6-17-10)20-7-19-13/h2,6-7,9,11-12,15,21-23H,3-5H2,1H3,(H2,16,17,18,19,20)/b8-2+/t9-,11-,12-,15?/m1/s1. The normalized spacial score (nSPS) is 27.1. The predicted molar refractivity (Wildman–Crippen MR) is 87.6 cm³/mol. The molecule has 0 radical (unpaired) electrons. The second-order valence-corrected chi connectivity index (χ2v) is 5.77. The Morgan fingerprint density at radius 1 is 1.36 bits per heavy atom. The third-order valence-electron chi connectivity index (χ3n) is 3.92. The Kier molecular flexibility index (Phi) is 5.56. The van der Waals surface area contributed by atoms with Gasteiger partial charge in [-0.1, -0.05) is 6.08 Å². The van der Waals surface area contributed by atoms with E-state index in [4.69, 9.17) is 14.6 Å². The number of nitrogens with zero attached hydrogens (tertiary/aromatic N) is 3. The van der Waals surface area contributed by atoms with Crippen molar-refractivity contribution < 1.29 is 24.8 Å². The molecule has 5 N–H and O–H groups in total. The minimum absolute atomic E-state index is 0.220. The lowest BCUT2D eigenvalue weighted by Gasteiger charge is -2.15. The van der Waals surface area contributed by atoms with Crippen LogP contribution in [-0.2, 0) is 9.47 Å². The van der Waals surface area contributed by atoms with Gasteiger partial charge in [0.25, 0.3) is 0 Å². The van der Waals surface area contributed by atoms with Crippen molar-refractivity contribution in [1.29, 1.82) is 0 Å². The van der Waals surface area contributed by atoms with Crippen molar-refractivity contribution in [1.82, 2.24) is 19.9 Å². The van der Waals surface area contributed by atoms with Gasteiger partial charge in [0.1, 0.15) is 30.2 Å². The third kappa shape index (κ3) is 3.94. The molecule has 1 saturated heterocycles. The van der Waals surface area contributed by atoms with Gasteiger partial charge < -0.3 is 35.1 Å². The number of nitrogens with one attached hydrogen (secondary N) is 2. The van der Waals surface area contributed by atoms with Crippen LogP contribution >= 0.6 is 0 Å². The number of hydrogen-bond acceptors (Lipinski definition) is 9. The summed E-state index contributed by atoms with van der Waals surface area (Å²) >= 11 is 0. The first-order chi connectivity index (χ1) is 12.1. The first kappa shape index (κ1) is 17.7. The van der Waals surface area contributed by atoms with Gasteiger partial charge in [0.05, 0.1) is 19.5 Å². The van der Waals surface area contributed by atoms with Crippen LogP contribution in [0.3, 0.4) is 0 Å². The van der Waals surface area contributed by atoms with E-state index in [0.29, 0.717) is 18.0 Å². The number of anilines is 1. The van der Waals surface area contributed by atoms with Crippen LogP contribution in [0, 0.1) is 0 Å². The minimum Gasteiger partial charge on any atom is -0.394 e. The highest BCUT2D eigenvalue weighted by Gasteiger charge is 2.42. The van der Waals surface area contributed by atoms with Gasteiger partial charge in [-0.2, -0.15) is 0 Å². The van der Waals surface area contributed by atoms with Crippen LogP contribution in [0.25, 0.3) is 11.2 Å². The number of rotatable bonds is 7. The van der Waals surface area contributed by atoms with E-state index in [1.54, 1.807) is 6.33 Å². The summed E-state index contributed by atoms with van der Waals surface area (Å²) in [5, 5.41) is 31.7. The minimum atomic E-state index is -1.18. The molecule has 3 heterocycles. The largest absolute Gasteiger partial charge is 0.394 e. The molecule has 3 rings (SSSR count). The predicted octanol–water partition coefficient (Wildman–Crippen LogP) is -0.833. The Hall–Kier alpha value is -2.11. The fourth-order valence-electron chi connectivity index (χ4n) is 2.50. The Morgan fingerprint density at radius 2 is 2.20 bits per heavy atom. The molecule has 0 aliphatic carbocycles. The van der Waals surface area contributed by atoms with Crippen molar-refractivity contribution >= 4 is 17.0 Å². The van der Waals surface area contributed by atoms with Crippen molar-refractivity contribution in [3.63, 3.8) is 0 Å². The quantitative estimate of drug-likeness (QED) is 0.403. The van der Waals surface area contributed by atoms with E-state index in [1.807, 2.05) is 13.0 Å². The summed E-state index contributed by atoms with van der Waals surface area (Å²) in [5.41, 5.74) is 2.22. The molecule has 1 unspecified atom stereocenters. The van der Waals surface area contributed by atoms with E-state index in [9.17, 15) is 10.2 Å². The monoisotopic (exact) mass is 351 g/mol. The molecule has 4 atom stereocenters. The lowest BCUT2D eigenvalue weighted by Crippen LogP contribution is -2.34. The zero-order valence-electron chi connectivity index (χ0n) is 13.7. The van der Waals surface area contributed by atoms with Crippen LogP contribution in [0.1, 0.15) is 6.92 Å². The van der Waals surface area contributed by atoms with Crippen LogP contribution in [0.2, 0.25) is 0 Å². The van der Waals surface area contributed by atoms with Crippen molar-refractivity contribution in [3.8, 4) is 0 Å². The number of fused-ring (bicyclic) bond motifs is 1. The summed E-state index contributed by atoms with van der Waals surface area (Å²) < 4.78 is 10.7. The fraction of sp³-hybridized carbons (Fsp3) is 0.533. The van der Waals surface area contributed by atoms with Gasteiger partial charge in [-0.05, 0) is 12.5 Å². The lowest BCUT2D eigenvalue weighted by molar-refractivity contribution is -0.164. The number of aliphatic hydroxyl groups is 3. The van der Waals surface area contributed by atoms with E-state index in [-0.39, 0.29) is 13.2 Å². The highest BCUT2D eigenvalue weighted by Crippen LogP contribution is 2.22. The zero-order chi connectivity index (χ0) is 17.8. The Balaban J connectivity index is 1.49. The molecule has 0 amide bonds. The highest BCUT2D eigenvalue weighted by atomic mass is 16.7. The van der Waals surface area contributed by atoms with Gasteiger partial charge in [0.15, 0.2) is 17.8 Å². The van der Waals surface area contributed by atoms with E-state index in [2.05, 4.69) is 25.3 Å². The molecule has 0 bridgehead atoms. The fourth-order valence-corrected chi connectivity index (χ4v) is 2.50. The SMILES string of the molecule is C/C(=C\CNc1ncnc2nc[nH]c12)COC1O[C@H](CO)[C@@H](O)[C@H]1O. The van der Waals surface area contributed by atoms with E-state index in [1.165, 1.54) is 6.33 Å². The second-order valence-electron chi connectivity index (χ2n) is 5.77. The van der Waals surface area contributed by atoms with Gasteiger partial charge in [-0.25, -0.2) is 15.0 Å². The summed E-state index contributed by atoms with van der Waals surface area (Å²) in [6.45, 7) is 2.22. The smallest absolute Gasteiger partial charge is 0.187 e. The molecule has 1 aliphatic heterocycles. The van der Waals surface area contributed by atoms with Crippen LogP contribution in [0.15, 0.2) is 24.3 Å². The molecule has 10 heteroatoms. The van der Waals surface area contributed by atoms with E-state index in [0.717, 1.165) is 11.1 Å². The van der Waals surface area contributed by atoms with Crippen molar-refractivity contribution in [3.05, 3.63) is 24.3 Å². The summed E-state index contributed by atoms with van der Waals surface area (Å²) in [4.78, 5) is 15.2. The van der Waals surface area contributed by atoms with Gasteiger partial charge in [-0.15, -0.1) is 0 Å². The van der Waals surface area contributed by atoms with Crippen molar-refractivity contribution in [2.45, 2.75) is 31.5 Å². The average Bonchev–Trinajstić information content (AvgIpc) is 3.20. The molecule has 25 heavy (non-hydrogen) atoms. The molecule has 2 aromatic heterocycles. The molecule has 0 aromatic carbocycles. The molecular weight excluding hydrogens is 330 g/mol. The summed E-state index contributed by atoms with van der Waals surface area (Å²) in [5.74, 6) is 0.649. The van der Waals surface area contributed by atoms with E-state index >= 15 is 0 Å². The molecule has 2 aromatic rings. The molecule has 0 spiro atoms. The Bertz CT molecular complexity index is 736. The Labute approximate surface area is 143 Å². The molecular formula is C15H21N5O5. The summed E-state index contributed by atoms with van der Waals surface area (Å²) in [6, 6.07) is 0.